The lowest BCUT2D eigenvalue weighted by molar-refractivity contribution is -0.155. The number of carbonyl (C=O) groups is 2. The van der Waals surface area contributed by atoms with Crippen molar-refractivity contribution in [1.82, 2.24) is 25.5 Å². The first-order valence-electron chi connectivity index (χ1n) is 8.97. The molecule has 0 fully saturated rings. The van der Waals surface area contributed by atoms with Gasteiger partial charge < -0.3 is 10.1 Å². The van der Waals surface area contributed by atoms with Gasteiger partial charge in [0.2, 0.25) is 5.82 Å². The number of benzene rings is 2. The van der Waals surface area contributed by atoms with Crippen LogP contribution in [0.25, 0.3) is 11.4 Å². The molecule has 8 nitrogen and oxygen atoms in total. The zero-order chi connectivity index (χ0) is 20.8. The van der Waals surface area contributed by atoms with E-state index < -0.39 is 18.0 Å². The van der Waals surface area contributed by atoms with Crippen LogP contribution in [0.4, 0.5) is 0 Å². The normalized spacial score (nSPS) is 11.7. The number of ether oxygens (including phenoxy) is 1. The Bertz CT molecular complexity index is 986. The molecule has 1 heterocycles. The van der Waals surface area contributed by atoms with Gasteiger partial charge in [0.25, 0.3) is 5.91 Å². The highest BCUT2D eigenvalue weighted by Gasteiger charge is 2.19. The summed E-state index contributed by atoms with van der Waals surface area (Å²) in [6, 6.07) is 14.7. The Balaban J connectivity index is 1.48. The van der Waals surface area contributed by atoms with Crippen molar-refractivity contribution in [3.63, 3.8) is 0 Å². The van der Waals surface area contributed by atoms with E-state index in [0.717, 1.165) is 21.5 Å². The van der Waals surface area contributed by atoms with Crippen LogP contribution in [0.1, 0.15) is 18.1 Å². The molecular formula is C20H20ClN5O3. The topological polar surface area (TPSA) is 99.0 Å². The number of nitrogens with one attached hydrogen (secondary N) is 1. The molecule has 1 aromatic heterocycles. The van der Waals surface area contributed by atoms with Crippen LogP contribution in [0.15, 0.2) is 48.5 Å². The van der Waals surface area contributed by atoms with Crippen molar-refractivity contribution in [2.75, 3.05) is 0 Å². The second-order valence-corrected chi connectivity index (χ2v) is 6.92. The van der Waals surface area contributed by atoms with Crippen LogP contribution < -0.4 is 5.32 Å². The number of nitrogens with zero attached hydrogens (tertiary/aromatic N) is 4. The largest absolute Gasteiger partial charge is 0.451 e. The lowest BCUT2D eigenvalue weighted by Crippen LogP contribution is -2.36. The fourth-order valence-electron chi connectivity index (χ4n) is 2.47. The van der Waals surface area contributed by atoms with Crippen LogP contribution in [-0.4, -0.2) is 38.2 Å². The van der Waals surface area contributed by atoms with Gasteiger partial charge in [-0.15, -0.1) is 10.2 Å². The summed E-state index contributed by atoms with van der Waals surface area (Å²) in [5, 5.41) is 15.3. The van der Waals surface area contributed by atoms with Crippen molar-refractivity contribution in [2.24, 2.45) is 0 Å². The first kappa shape index (κ1) is 20.5. The predicted molar refractivity (Wildman–Crippen MR) is 107 cm³/mol. The van der Waals surface area contributed by atoms with E-state index in [9.17, 15) is 9.59 Å². The summed E-state index contributed by atoms with van der Waals surface area (Å²) < 4.78 is 5.15. The maximum Gasteiger partial charge on any atom is 0.330 e. The number of hydrogen-bond acceptors (Lipinski definition) is 6. The second kappa shape index (κ2) is 9.29. The van der Waals surface area contributed by atoms with Gasteiger partial charge in [-0.1, -0.05) is 53.6 Å². The molecule has 0 aliphatic heterocycles. The molecule has 1 unspecified atom stereocenters. The van der Waals surface area contributed by atoms with E-state index in [1.165, 1.54) is 6.92 Å². The van der Waals surface area contributed by atoms with Gasteiger partial charge >= 0.3 is 5.97 Å². The molecule has 0 saturated carbocycles. The monoisotopic (exact) mass is 413 g/mol. The maximum atomic E-state index is 12.1. The Morgan fingerprint density at radius 2 is 1.83 bits per heavy atom. The molecule has 150 valence electrons. The number of esters is 1. The van der Waals surface area contributed by atoms with E-state index in [1.807, 2.05) is 31.2 Å². The molecule has 0 saturated heterocycles. The molecule has 1 N–H and O–H groups in total. The summed E-state index contributed by atoms with van der Waals surface area (Å²) in [4.78, 5) is 25.3. The minimum Gasteiger partial charge on any atom is -0.451 e. The van der Waals surface area contributed by atoms with Gasteiger partial charge in [0.15, 0.2) is 12.6 Å². The minimum atomic E-state index is -0.949. The molecule has 0 bridgehead atoms. The summed E-state index contributed by atoms with van der Waals surface area (Å²) in [6.07, 6.45) is -0.949. The Kier molecular flexibility index (Phi) is 6.56. The third kappa shape index (κ3) is 5.86. The smallest absolute Gasteiger partial charge is 0.330 e. The first-order chi connectivity index (χ1) is 13.9. The number of tetrazole rings is 1. The first-order valence-corrected chi connectivity index (χ1v) is 9.35. The zero-order valence-electron chi connectivity index (χ0n) is 16.0. The molecule has 0 aliphatic carbocycles. The van der Waals surface area contributed by atoms with Gasteiger partial charge in [0.1, 0.15) is 0 Å². The van der Waals surface area contributed by atoms with Crippen molar-refractivity contribution in [3.8, 4) is 11.4 Å². The van der Waals surface area contributed by atoms with Crippen molar-refractivity contribution < 1.29 is 14.3 Å². The van der Waals surface area contributed by atoms with Gasteiger partial charge in [-0.2, -0.15) is 4.80 Å². The lowest BCUT2D eigenvalue weighted by Gasteiger charge is -2.13. The molecule has 3 aromatic rings. The van der Waals surface area contributed by atoms with Gasteiger partial charge in [0.05, 0.1) is 0 Å². The lowest BCUT2D eigenvalue weighted by atomic mass is 10.1. The predicted octanol–water partition coefficient (Wildman–Crippen LogP) is 2.55. The Labute approximate surface area is 172 Å². The molecule has 29 heavy (non-hydrogen) atoms. The Morgan fingerprint density at radius 3 is 2.52 bits per heavy atom. The van der Waals surface area contributed by atoms with E-state index in [0.29, 0.717) is 17.4 Å². The SMILES string of the molecule is Cc1ccc(-c2nnn(CC(=O)OC(C)C(=O)NCc3ccc(Cl)cc3)n2)cc1. The zero-order valence-corrected chi connectivity index (χ0v) is 16.8. The average molecular weight is 414 g/mol. The molecule has 3 rings (SSSR count). The number of aromatic nitrogens is 4. The highest BCUT2D eigenvalue weighted by atomic mass is 35.5. The van der Waals surface area contributed by atoms with Crippen LogP contribution in [0.2, 0.25) is 5.02 Å². The number of carbonyl (C=O) groups excluding carboxylic acids is 2. The Hall–Kier alpha value is -3.26. The second-order valence-electron chi connectivity index (χ2n) is 6.49. The molecule has 1 atom stereocenters. The molecule has 0 radical (unpaired) electrons. The van der Waals surface area contributed by atoms with Crippen LogP contribution in [0.3, 0.4) is 0 Å². The van der Waals surface area contributed by atoms with Crippen LogP contribution in [0, 0.1) is 6.92 Å². The van der Waals surface area contributed by atoms with E-state index >= 15 is 0 Å². The fraction of sp³-hybridized carbons (Fsp3) is 0.250. The average Bonchev–Trinajstić information content (AvgIpc) is 3.16. The third-order valence-electron chi connectivity index (χ3n) is 4.09. The molecule has 0 spiro atoms. The quantitative estimate of drug-likeness (QED) is 0.597. The number of halogens is 1. The summed E-state index contributed by atoms with van der Waals surface area (Å²) in [7, 11) is 0. The van der Waals surface area contributed by atoms with E-state index in [4.69, 9.17) is 16.3 Å². The van der Waals surface area contributed by atoms with Crippen molar-refractivity contribution in [2.45, 2.75) is 33.0 Å². The van der Waals surface area contributed by atoms with Crippen LogP contribution in [0.5, 0.6) is 0 Å². The van der Waals surface area contributed by atoms with Crippen LogP contribution in [-0.2, 0) is 27.4 Å². The molecule has 9 heteroatoms. The molecular weight excluding hydrogens is 394 g/mol. The van der Waals surface area contributed by atoms with E-state index in [2.05, 4.69) is 20.7 Å². The Morgan fingerprint density at radius 1 is 1.14 bits per heavy atom. The summed E-state index contributed by atoms with van der Waals surface area (Å²) in [6.45, 7) is 3.55. The third-order valence-corrected chi connectivity index (χ3v) is 4.34. The highest BCUT2D eigenvalue weighted by Crippen LogP contribution is 2.14. The molecule has 0 aliphatic rings. The maximum absolute atomic E-state index is 12.1. The van der Waals surface area contributed by atoms with Gasteiger partial charge in [0, 0.05) is 17.1 Å². The van der Waals surface area contributed by atoms with Crippen molar-refractivity contribution >= 4 is 23.5 Å². The summed E-state index contributed by atoms with van der Waals surface area (Å²) in [5.74, 6) is -0.626. The van der Waals surface area contributed by atoms with Crippen molar-refractivity contribution in [1.29, 1.82) is 0 Å². The minimum absolute atomic E-state index is 0.242. The summed E-state index contributed by atoms with van der Waals surface area (Å²) in [5.41, 5.74) is 2.80. The van der Waals surface area contributed by atoms with Gasteiger partial charge in [-0.25, -0.2) is 4.79 Å². The number of amides is 1. The van der Waals surface area contributed by atoms with E-state index in [1.54, 1.807) is 24.3 Å². The number of rotatable bonds is 7. The number of hydrogen-bond donors (Lipinski definition) is 1. The summed E-state index contributed by atoms with van der Waals surface area (Å²) >= 11 is 5.83. The number of aryl methyl sites for hydroxylation is 1. The van der Waals surface area contributed by atoms with Crippen molar-refractivity contribution in [3.05, 3.63) is 64.7 Å². The van der Waals surface area contributed by atoms with Gasteiger partial charge in [-0.3, -0.25) is 4.79 Å². The van der Waals surface area contributed by atoms with E-state index in [-0.39, 0.29) is 6.54 Å². The molecule has 2 aromatic carbocycles. The van der Waals surface area contributed by atoms with Gasteiger partial charge in [-0.05, 0) is 36.8 Å². The standard InChI is InChI=1S/C20H20ClN5O3/c1-13-3-7-16(8-4-13)19-23-25-26(24-19)12-18(27)29-14(2)20(28)22-11-15-5-9-17(21)10-6-15/h3-10,14H,11-12H2,1-2H3,(H,22,28). The highest BCUT2D eigenvalue weighted by molar-refractivity contribution is 6.30. The molecule has 1 amide bonds. The fourth-order valence-corrected chi connectivity index (χ4v) is 2.59. The van der Waals surface area contributed by atoms with Crippen LogP contribution >= 0.6 is 11.6 Å².